The summed E-state index contributed by atoms with van der Waals surface area (Å²) in [7, 11) is 1.51. The second kappa shape index (κ2) is 5.47. The van der Waals surface area contributed by atoms with Crippen LogP contribution in [0.2, 0.25) is 0 Å². The van der Waals surface area contributed by atoms with E-state index < -0.39 is 11.4 Å². The van der Waals surface area contributed by atoms with E-state index in [0.29, 0.717) is 24.7 Å². The van der Waals surface area contributed by atoms with Crippen molar-refractivity contribution in [3.63, 3.8) is 0 Å². The maximum absolute atomic E-state index is 11.1. The highest BCUT2D eigenvalue weighted by Gasteiger charge is 2.30. The highest BCUT2D eigenvalue weighted by atomic mass is 16.5. The van der Waals surface area contributed by atoms with Gasteiger partial charge in [-0.3, -0.25) is 4.79 Å². The Labute approximate surface area is 100 Å². The molecule has 94 valence electrons. The highest BCUT2D eigenvalue weighted by molar-refractivity contribution is 5.74. The predicted octanol–water partition coefficient (Wildman–Crippen LogP) is 1.40. The first-order valence-electron chi connectivity index (χ1n) is 5.35. The Morgan fingerprint density at radius 3 is 2.82 bits per heavy atom. The van der Waals surface area contributed by atoms with E-state index in [1.54, 1.807) is 13.0 Å². The summed E-state index contributed by atoms with van der Waals surface area (Å²) in [6.07, 6.45) is 1.91. The van der Waals surface area contributed by atoms with Crippen molar-refractivity contribution < 1.29 is 14.6 Å². The minimum atomic E-state index is -0.825. The number of hydrogen-bond donors (Lipinski definition) is 2. The van der Waals surface area contributed by atoms with Crippen LogP contribution in [0.3, 0.4) is 0 Å². The number of ether oxygens (including phenoxy) is 1. The summed E-state index contributed by atoms with van der Waals surface area (Å²) >= 11 is 0. The molecule has 0 saturated carbocycles. The monoisotopic (exact) mass is 239 g/mol. The Hall–Kier alpha value is -1.85. The molecule has 17 heavy (non-hydrogen) atoms. The number of carbonyl (C=O) groups is 1. The van der Waals surface area contributed by atoms with Crippen molar-refractivity contribution in [3.05, 3.63) is 12.4 Å². The fraction of sp³-hybridized carbons (Fsp3) is 0.545. The third-order valence-electron chi connectivity index (χ3n) is 2.81. The number of aromatic nitrogens is 2. The molecule has 1 heterocycles. The van der Waals surface area contributed by atoms with Crippen molar-refractivity contribution in [1.29, 1.82) is 0 Å². The number of hydrogen-bond acceptors (Lipinski definition) is 5. The summed E-state index contributed by atoms with van der Waals surface area (Å²) in [5.41, 5.74) is -0.807. The molecule has 1 rings (SSSR count). The summed E-state index contributed by atoms with van der Waals surface area (Å²) in [6.45, 7) is 3.84. The quantitative estimate of drug-likeness (QED) is 0.780. The topological polar surface area (TPSA) is 84.3 Å². The molecule has 0 aliphatic heterocycles. The van der Waals surface area contributed by atoms with Crippen LogP contribution in [0.1, 0.15) is 20.3 Å². The molecular formula is C11H17N3O3. The molecule has 0 saturated heterocycles. The molecule has 6 heteroatoms. The average Bonchev–Trinajstić information content (AvgIpc) is 2.36. The van der Waals surface area contributed by atoms with Crippen molar-refractivity contribution in [2.45, 2.75) is 20.3 Å². The van der Waals surface area contributed by atoms with Crippen LogP contribution in [-0.2, 0) is 4.79 Å². The van der Waals surface area contributed by atoms with Crippen LogP contribution in [0.15, 0.2) is 12.4 Å². The van der Waals surface area contributed by atoms with E-state index in [-0.39, 0.29) is 0 Å². The molecule has 0 bridgehead atoms. The minimum absolute atomic E-state index is 0.305. The fourth-order valence-electron chi connectivity index (χ4n) is 1.19. The van der Waals surface area contributed by atoms with E-state index in [0.717, 1.165) is 0 Å². The summed E-state index contributed by atoms with van der Waals surface area (Å²) in [6, 6.07) is 1.62. The minimum Gasteiger partial charge on any atom is -0.481 e. The summed E-state index contributed by atoms with van der Waals surface area (Å²) in [4.78, 5) is 19.0. The first kappa shape index (κ1) is 13.2. The van der Waals surface area contributed by atoms with Gasteiger partial charge < -0.3 is 15.2 Å². The van der Waals surface area contributed by atoms with E-state index in [2.05, 4.69) is 15.3 Å². The lowest BCUT2D eigenvalue weighted by molar-refractivity contribution is -0.147. The number of methoxy groups -OCH3 is 1. The molecule has 0 radical (unpaired) electrons. The van der Waals surface area contributed by atoms with Gasteiger partial charge in [-0.25, -0.2) is 9.97 Å². The maximum Gasteiger partial charge on any atom is 0.311 e. The molecule has 0 aromatic carbocycles. The summed E-state index contributed by atoms with van der Waals surface area (Å²) in [5, 5.41) is 12.1. The van der Waals surface area contributed by atoms with Crippen LogP contribution in [0.4, 0.5) is 5.82 Å². The van der Waals surface area contributed by atoms with Crippen LogP contribution in [0, 0.1) is 5.41 Å². The third-order valence-corrected chi connectivity index (χ3v) is 2.81. The number of carboxylic acid groups (broad SMARTS) is 1. The predicted molar refractivity (Wildman–Crippen MR) is 63.1 cm³/mol. The van der Waals surface area contributed by atoms with Gasteiger partial charge in [-0.2, -0.15) is 0 Å². The van der Waals surface area contributed by atoms with Crippen molar-refractivity contribution in [1.82, 2.24) is 9.97 Å². The van der Waals surface area contributed by atoms with Crippen LogP contribution >= 0.6 is 0 Å². The molecule has 1 atom stereocenters. The standard InChI is InChI=1S/C11H17N3O3/c1-4-11(2,10(15)16)6-12-8-5-9(17-3)14-7-13-8/h5,7H,4,6H2,1-3H3,(H,15,16)(H,12,13,14). The molecule has 1 unspecified atom stereocenters. The first-order valence-corrected chi connectivity index (χ1v) is 5.35. The molecular weight excluding hydrogens is 222 g/mol. The first-order chi connectivity index (χ1) is 8.01. The smallest absolute Gasteiger partial charge is 0.311 e. The lowest BCUT2D eigenvalue weighted by Gasteiger charge is -2.23. The van der Waals surface area contributed by atoms with Crippen LogP contribution in [-0.4, -0.2) is 34.7 Å². The van der Waals surface area contributed by atoms with E-state index >= 15 is 0 Å². The van der Waals surface area contributed by atoms with Gasteiger partial charge in [0.2, 0.25) is 5.88 Å². The van der Waals surface area contributed by atoms with Gasteiger partial charge >= 0.3 is 5.97 Å². The molecule has 6 nitrogen and oxygen atoms in total. The van der Waals surface area contributed by atoms with Gasteiger partial charge in [-0.1, -0.05) is 6.92 Å². The summed E-state index contributed by atoms with van der Waals surface area (Å²) < 4.78 is 4.95. The molecule has 0 amide bonds. The number of rotatable bonds is 6. The van der Waals surface area contributed by atoms with Gasteiger partial charge in [-0.05, 0) is 13.3 Å². The number of anilines is 1. The second-order valence-electron chi connectivity index (χ2n) is 4.02. The molecule has 1 aromatic heterocycles. The van der Waals surface area contributed by atoms with Gasteiger partial charge in [0.15, 0.2) is 0 Å². The van der Waals surface area contributed by atoms with Crippen LogP contribution in [0.25, 0.3) is 0 Å². The Balaban J connectivity index is 2.69. The zero-order valence-corrected chi connectivity index (χ0v) is 10.2. The SMILES string of the molecule is CCC(C)(CNc1cc(OC)ncn1)C(=O)O. The maximum atomic E-state index is 11.1. The van der Waals surface area contributed by atoms with Gasteiger partial charge in [0.25, 0.3) is 0 Å². The van der Waals surface area contributed by atoms with Crippen molar-refractivity contribution in [2.75, 3.05) is 19.0 Å². The number of nitrogens with zero attached hydrogens (tertiary/aromatic N) is 2. The van der Waals surface area contributed by atoms with Gasteiger partial charge in [0, 0.05) is 12.6 Å². The fourth-order valence-corrected chi connectivity index (χ4v) is 1.19. The lowest BCUT2D eigenvalue weighted by Crippen LogP contribution is -2.34. The Morgan fingerprint density at radius 2 is 2.29 bits per heavy atom. The second-order valence-corrected chi connectivity index (χ2v) is 4.02. The third kappa shape index (κ3) is 3.30. The Bertz CT molecular complexity index is 397. The van der Waals surface area contributed by atoms with Crippen LogP contribution in [0.5, 0.6) is 5.88 Å². The van der Waals surface area contributed by atoms with Crippen LogP contribution < -0.4 is 10.1 Å². The van der Waals surface area contributed by atoms with Crippen molar-refractivity contribution >= 4 is 11.8 Å². The molecule has 2 N–H and O–H groups in total. The number of nitrogens with one attached hydrogen (secondary N) is 1. The summed E-state index contributed by atoms with van der Waals surface area (Å²) in [5.74, 6) is 0.169. The average molecular weight is 239 g/mol. The van der Waals surface area contributed by atoms with E-state index in [9.17, 15) is 4.79 Å². The Morgan fingerprint density at radius 1 is 1.59 bits per heavy atom. The molecule has 0 fully saturated rings. The van der Waals surface area contributed by atoms with Crippen molar-refractivity contribution in [3.8, 4) is 5.88 Å². The van der Waals surface area contributed by atoms with Gasteiger partial charge in [-0.15, -0.1) is 0 Å². The molecule has 1 aromatic rings. The Kier molecular flexibility index (Phi) is 4.25. The molecule has 0 spiro atoms. The van der Waals surface area contributed by atoms with E-state index in [1.807, 2.05) is 6.92 Å². The lowest BCUT2D eigenvalue weighted by atomic mass is 9.88. The number of aliphatic carboxylic acids is 1. The molecule has 0 aliphatic rings. The highest BCUT2D eigenvalue weighted by Crippen LogP contribution is 2.22. The molecule has 0 aliphatic carbocycles. The number of carboxylic acids is 1. The van der Waals surface area contributed by atoms with E-state index in [1.165, 1.54) is 13.4 Å². The van der Waals surface area contributed by atoms with E-state index in [4.69, 9.17) is 9.84 Å². The van der Waals surface area contributed by atoms with Gasteiger partial charge in [0.1, 0.15) is 12.1 Å². The van der Waals surface area contributed by atoms with Crippen molar-refractivity contribution in [2.24, 2.45) is 5.41 Å². The largest absolute Gasteiger partial charge is 0.481 e. The zero-order chi connectivity index (χ0) is 12.9. The van der Waals surface area contributed by atoms with Gasteiger partial charge in [0.05, 0.1) is 12.5 Å². The zero-order valence-electron chi connectivity index (χ0n) is 10.2. The normalized spacial score (nSPS) is 13.8.